The molecule has 0 spiro atoms. The lowest BCUT2D eigenvalue weighted by atomic mass is 10.2. The summed E-state index contributed by atoms with van der Waals surface area (Å²) in [5, 5.41) is 16.4. The number of amides is 1. The number of carbonyl (C=O) groups excluding carboxylic acids is 1. The number of ether oxygens (including phenoxy) is 1. The second-order valence-electron chi connectivity index (χ2n) is 5.10. The van der Waals surface area contributed by atoms with Gasteiger partial charge in [0.1, 0.15) is 18.1 Å². The lowest BCUT2D eigenvalue weighted by molar-refractivity contribution is -0.386. The van der Waals surface area contributed by atoms with Crippen molar-refractivity contribution in [3.05, 3.63) is 45.5 Å². The lowest BCUT2D eigenvalue weighted by Crippen LogP contribution is -2.21. The second kappa shape index (κ2) is 7.97. The van der Waals surface area contributed by atoms with Crippen LogP contribution in [0, 0.1) is 22.9 Å². The van der Waals surface area contributed by atoms with Gasteiger partial charge in [-0.15, -0.1) is 0 Å². The minimum Gasteiger partial charge on any atom is -0.432 e. The molecule has 0 saturated heterocycles. The molecular formula is C14H11F5N4O4. The van der Waals surface area contributed by atoms with Crippen molar-refractivity contribution in [2.45, 2.75) is 26.5 Å². The number of rotatable bonds is 7. The molecule has 0 radical (unpaired) electrons. The van der Waals surface area contributed by atoms with Crippen LogP contribution in [0.3, 0.4) is 0 Å². The molecule has 1 amide bonds. The van der Waals surface area contributed by atoms with Crippen LogP contribution in [0.4, 0.5) is 33.3 Å². The number of halogens is 5. The number of hydrogen-bond acceptors (Lipinski definition) is 5. The number of alkyl halides is 4. The molecule has 0 unspecified atom stereocenters. The minimum atomic E-state index is -3.29. The van der Waals surface area contributed by atoms with E-state index in [4.69, 9.17) is 0 Å². The maximum atomic E-state index is 13.1. The van der Waals surface area contributed by atoms with Crippen molar-refractivity contribution < 1.29 is 36.4 Å². The zero-order chi connectivity index (χ0) is 20.3. The molecule has 146 valence electrons. The first-order chi connectivity index (χ1) is 12.6. The monoisotopic (exact) mass is 394 g/mol. The highest BCUT2D eigenvalue weighted by molar-refractivity contribution is 5.92. The predicted octanol–water partition coefficient (Wildman–Crippen LogP) is 3.42. The molecule has 2 rings (SSSR count). The third-order valence-corrected chi connectivity index (χ3v) is 3.32. The van der Waals surface area contributed by atoms with Crippen molar-refractivity contribution in [3.63, 3.8) is 0 Å². The number of nitrogens with one attached hydrogen (secondary N) is 1. The molecule has 1 N–H and O–H groups in total. The second-order valence-corrected chi connectivity index (χ2v) is 5.10. The average Bonchev–Trinajstić information content (AvgIpc) is 2.86. The Balaban J connectivity index is 2.24. The number of aromatic nitrogens is 2. The summed E-state index contributed by atoms with van der Waals surface area (Å²) in [4.78, 5) is 21.9. The third-order valence-electron chi connectivity index (χ3n) is 3.32. The zero-order valence-corrected chi connectivity index (χ0v) is 13.5. The summed E-state index contributed by atoms with van der Waals surface area (Å²) < 4.78 is 68.4. The largest absolute Gasteiger partial charge is 0.432 e. The van der Waals surface area contributed by atoms with E-state index in [-0.39, 0.29) is 11.4 Å². The highest BCUT2D eigenvalue weighted by Gasteiger charge is 2.31. The van der Waals surface area contributed by atoms with E-state index in [0.29, 0.717) is 10.7 Å². The summed E-state index contributed by atoms with van der Waals surface area (Å²) in [5.41, 5.74) is -2.64. The molecule has 2 aromatic rings. The van der Waals surface area contributed by atoms with Crippen LogP contribution in [-0.4, -0.2) is 27.2 Å². The molecule has 1 heterocycles. The Morgan fingerprint density at radius 1 is 1.37 bits per heavy atom. The third kappa shape index (κ3) is 4.68. The van der Waals surface area contributed by atoms with Crippen molar-refractivity contribution in [1.29, 1.82) is 0 Å². The van der Waals surface area contributed by atoms with Gasteiger partial charge in [-0.3, -0.25) is 19.6 Å². The van der Waals surface area contributed by atoms with Gasteiger partial charge in [0.2, 0.25) is 11.6 Å². The number of hydrogen-bond donors (Lipinski definition) is 1. The maximum Gasteiger partial charge on any atom is 0.387 e. The van der Waals surface area contributed by atoms with Crippen LogP contribution in [0.25, 0.3) is 0 Å². The van der Waals surface area contributed by atoms with Gasteiger partial charge in [0.05, 0.1) is 10.6 Å². The quantitative estimate of drug-likeness (QED) is 0.441. The van der Waals surface area contributed by atoms with Gasteiger partial charge in [0.15, 0.2) is 5.75 Å². The molecule has 0 bridgehead atoms. The fourth-order valence-electron chi connectivity index (χ4n) is 2.21. The van der Waals surface area contributed by atoms with E-state index in [1.807, 2.05) is 0 Å². The van der Waals surface area contributed by atoms with Crippen molar-refractivity contribution in [2.24, 2.45) is 0 Å². The molecule has 0 aliphatic carbocycles. The number of nitro groups is 1. The fourth-order valence-corrected chi connectivity index (χ4v) is 2.21. The molecule has 1 aromatic heterocycles. The molecular weight excluding hydrogens is 383 g/mol. The van der Waals surface area contributed by atoms with Crippen molar-refractivity contribution in [3.8, 4) is 5.75 Å². The SMILES string of the molecule is Cc1c([N+](=O)[O-])c(C(F)F)nn1CC(=O)Nc1ccc(F)cc1OC(F)F. The lowest BCUT2D eigenvalue weighted by Gasteiger charge is -2.12. The Morgan fingerprint density at radius 2 is 2.04 bits per heavy atom. The standard InChI is InChI=1S/C14H11F5N4O4/c1-6-12(23(25)26)11(13(16)17)21-22(6)5-10(24)20-8-3-2-7(15)4-9(8)27-14(18)19/h2-4,13-14H,5H2,1H3,(H,20,24). The Morgan fingerprint density at radius 3 is 2.56 bits per heavy atom. The molecule has 27 heavy (non-hydrogen) atoms. The fraction of sp³-hybridized carbons (Fsp3) is 0.286. The van der Waals surface area contributed by atoms with Crippen LogP contribution >= 0.6 is 0 Å². The van der Waals surface area contributed by atoms with Crippen LogP contribution in [0.2, 0.25) is 0 Å². The molecule has 13 heteroatoms. The van der Waals surface area contributed by atoms with Crippen molar-refractivity contribution >= 4 is 17.3 Å². The molecule has 0 aliphatic rings. The van der Waals surface area contributed by atoms with E-state index < -0.39 is 53.4 Å². The van der Waals surface area contributed by atoms with Gasteiger partial charge in [0, 0.05) is 6.07 Å². The van der Waals surface area contributed by atoms with Gasteiger partial charge in [-0.25, -0.2) is 13.2 Å². The molecule has 0 atom stereocenters. The number of benzene rings is 1. The Bertz CT molecular complexity index is 871. The zero-order valence-electron chi connectivity index (χ0n) is 13.5. The highest BCUT2D eigenvalue weighted by atomic mass is 19.3. The molecule has 0 saturated carbocycles. The molecule has 8 nitrogen and oxygen atoms in total. The molecule has 1 aromatic carbocycles. The van der Waals surface area contributed by atoms with Gasteiger partial charge in [-0.05, 0) is 19.1 Å². The van der Waals surface area contributed by atoms with Crippen LogP contribution < -0.4 is 10.1 Å². The highest BCUT2D eigenvalue weighted by Crippen LogP contribution is 2.31. The first kappa shape index (κ1) is 20.1. The Labute approximate surface area is 147 Å². The van der Waals surface area contributed by atoms with E-state index >= 15 is 0 Å². The normalized spacial score (nSPS) is 11.1. The first-order valence-electron chi connectivity index (χ1n) is 7.14. The summed E-state index contributed by atoms with van der Waals surface area (Å²) in [6, 6.07) is 2.43. The summed E-state index contributed by atoms with van der Waals surface area (Å²) in [6.45, 7) is -2.90. The number of anilines is 1. The number of carbonyl (C=O) groups is 1. The van der Waals surface area contributed by atoms with Gasteiger partial charge in [-0.2, -0.15) is 13.9 Å². The number of nitrogens with zero attached hydrogens (tertiary/aromatic N) is 3. The van der Waals surface area contributed by atoms with Crippen LogP contribution in [0.5, 0.6) is 5.75 Å². The first-order valence-corrected chi connectivity index (χ1v) is 7.14. The van der Waals surface area contributed by atoms with Gasteiger partial charge >= 0.3 is 12.3 Å². The summed E-state index contributed by atoms with van der Waals surface area (Å²) in [5.74, 6) is -2.50. The summed E-state index contributed by atoms with van der Waals surface area (Å²) >= 11 is 0. The van der Waals surface area contributed by atoms with Crippen LogP contribution in [-0.2, 0) is 11.3 Å². The van der Waals surface area contributed by atoms with E-state index in [0.717, 1.165) is 19.1 Å². The van der Waals surface area contributed by atoms with Crippen LogP contribution in [0.15, 0.2) is 18.2 Å². The molecule has 0 fully saturated rings. The summed E-state index contributed by atoms with van der Waals surface area (Å²) in [7, 11) is 0. The van der Waals surface area contributed by atoms with E-state index in [1.165, 1.54) is 0 Å². The predicted molar refractivity (Wildman–Crippen MR) is 80.2 cm³/mol. The van der Waals surface area contributed by atoms with E-state index in [9.17, 15) is 36.9 Å². The van der Waals surface area contributed by atoms with Crippen LogP contribution in [0.1, 0.15) is 17.8 Å². The Kier molecular flexibility index (Phi) is 5.92. The summed E-state index contributed by atoms with van der Waals surface area (Å²) in [6.07, 6.45) is -3.24. The maximum absolute atomic E-state index is 13.1. The van der Waals surface area contributed by atoms with Crippen molar-refractivity contribution in [2.75, 3.05) is 5.32 Å². The smallest absolute Gasteiger partial charge is 0.387 e. The van der Waals surface area contributed by atoms with Gasteiger partial charge in [0.25, 0.3) is 6.43 Å². The van der Waals surface area contributed by atoms with Gasteiger partial charge in [-0.1, -0.05) is 0 Å². The molecule has 0 aliphatic heterocycles. The minimum absolute atomic E-state index is 0.298. The van der Waals surface area contributed by atoms with E-state index in [2.05, 4.69) is 15.2 Å². The van der Waals surface area contributed by atoms with E-state index in [1.54, 1.807) is 0 Å². The van der Waals surface area contributed by atoms with Crippen molar-refractivity contribution in [1.82, 2.24) is 9.78 Å². The Hall–Kier alpha value is -3.25. The average molecular weight is 394 g/mol. The topological polar surface area (TPSA) is 99.3 Å². The van der Waals surface area contributed by atoms with Gasteiger partial charge < -0.3 is 10.1 Å².